The van der Waals surface area contributed by atoms with Crippen LogP contribution in [0, 0.1) is 5.92 Å². The van der Waals surface area contributed by atoms with Crippen LogP contribution in [0.4, 0.5) is 0 Å². The van der Waals surface area contributed by atoms with Crippen molar-refractivity contribution in [3.05, 3.63) is 114 Å². The molecule has 4 rings (SSSR count). The number of pyridine rings is 1. The molecule has 3 aromatic rings. The molecule has 1 N–H and O–H groups in total. The molecule has 0 saturated heterocycles. The number of carbonyl (C=O) groups is 1. The van der Waals surface area contributed by atoms with E-state index in [2.05, 4.69) is 83.1 Å². The zero-order valence-electron chi connectivity index (χ0n) is 17.9. The number of aromatic nitrogens is 1. The molecule has 0 unspecified atom stereocenters. The largest absolute Gasteiger partial charge is 0.353 e. The highest BCUT2D eigenvalue weighted by Gasteiger charge is 2.54. The van der Waals surface area contributed by atoms with Gasteiger partial charge in [-0.1, -0.05) is 79.2 Å². The summed E-state index contributed by atoms with van der Waals surface area (Å²) in [5.74, 6) is 0.355. The molecule has 1 aliphatic rings. The Labute approximate surface area is 185 Å². The molecule has 1 fully saturated rings. The maximum absolute atomic E-state index is 12.3. The van der Waals surface area contributed by atoms with Gasteiger partial charge in [0.1, 0.15) is 0 Å². The smallest absolute Gasteiger partial charge is 0.243 e. The molecule has 1 saturated carbocycles. The number of carbonyl (C=O) groups excluding carboxylic acids is 1. The Morgan fingerprint density at radius 1 is 0.903 bits per heavy atom. The molecular weight excluding hydrogens is 380 g/mol. The number of hydrogen-bond acceptors (Lipinski definition) is 2. The first kappa shape index (κ1) is 21.0. The second kappa shape index (κ2) is 10.2. The lowest BCUT2D eigenvalue weighted by molar-refractivity contribution is -0.116. The van der Waals surface area contributed by atoms with Crippen LogP contribution >= 0.6 is 0 Å². The Morgan fingerprint density at radius 3 is 2.23 bits per heavy atom. The zero-order valence-corrected chi connectivity index (χ0v) is 17.9. The van der Waals surface area contributed by atoms with Gasteiger partial charge in [0.15, 0.2) is 0 Å². The summed E-state index contributed by atoms with van der Waals surface area (Å²) in [6, 6.07) is 27.3. The van der Waals surface area contributed by atoms with Gasteiger partial charge in [0.25, 0.3) is 0 Å². The minimum Gasteiger partial charge on any atom is -0.353 e. The molecule has 1 aromatic heterocycles. The van der Waals surface area contributed by atoms with Gasteiger partial charge in [-0.05, 0) is 60.9 Å². The van der Waals surface area contributed by atoms with E-state index in [4.69, 9.17) is 0 Å². The highest BCUT2D eigenvalue weighted by Crippen LogP contribution is 2.59. The average Bonchev–Trinajstić information content (AvgIpc) is 3.57. The van der Waals surface area contributed by atoms with Crippen molar-refractivity contribution in [2.75, 3.05) is 6.54 Å². The number of nitrogens with zero attached hydrogens (tertiary/aromatic N) is 1. The summed E-state index contributed by atoms with van der Waals surface area (Å²) in [7, 11) is 0. The molecule has 31 heavy (non-hydrogen) atoms. The molecule has 0 radical (unpaired) electrons. The van der Waals surface area contributed by atoms with Gasteiger partial charge in [0.05, 0.1) is 0 Å². The lowest BCUT2D eigenvalue weighted by Crippen LogP contribution is -2.22. The molecule has 0 bridgehead atoms. The van der Waals surface area contributed by atoms with Crippen molar-refractivity contribution < 1.29 is 4.79 Å². The summed E-state index contributed by atoms with van der Waals surface area (Å²) in [6.07, 6.45) is 10.9. The fourth-order valence-electron chi connectivity index (χ4n) is 4.45. The van der Waals surface area contributed by atoms with Gasteiger partial charge in [-0.15, -0.1) is 0 Å². The predicted molar refractivity (Wildman–Crippen MR) is 126 cm³/mol. The molecule has 158 valence electrons. The summed E-state index contributed by atoms with van der Waals surface area (Å²) in [5, 5.41) is 3.03. The lowest BCUT2D eigenvalue weighted by Gasteiger charge is -2.18. The van der Waals surface area contributed by atoms with E-state index >= 15 is 0 Å². The van der Waals surface area contributed by atoms with E-state index in [1.54, 1.807) is 6.08 Å². The third kappa shape index (κ3) is 5.29. The van der Waals surface area contributed by atoms with E-state index < -0.39 is 0 Å². The Balaban J connectivity index is 1.25. The minimum atomic E-state index is -0.00915. The molecule has 1 aliphatic carbocycles. The van der Waals surface area contributed by atoms with Crippen LogP contribution < -0.4 is 5.32 Å². The minimum absolute atomic E-state index is 0.00616. The van der Waals surface area contributed by atoms with Crippen molar-refractivity contribution in [2.45, 2.75) is 37.5 Å². The number of hydrogen-bond donors (Lipinski definition) is 1. The van der Waals surface area contributed by atoms with Gasteiger partial charge in [-0.25, -0.2) is 0 Å². The van der Waals surface area contributed by atoms with E-state index in [1.807, 2.05) is 18.3 Å². The molecule has 1 amide bonds. The Hall–Kier alpha value is -3.20. The molecular formula is C28H30N2O. The third-order valence-electron chi connectivity index (χ3n) is 6.21. The average molecular weight is 411 g/mol. The molecule has 1 heterocycles. The Kier molecular flexibility index (Phi) is 6.93. The Bertz CT molecular complexity index is 944. The summed E-state index contributed by atoms with van der Waals surface area (Å²) < 4.78 is 0. The fraction of sp³-hybridized carbons (Fsp3) is 0.286. The van der Waals surface area contributed by atoms with Crippen LogP contribution in [0.15, 0.2) is 97.2 Å². The van der Waals surface area contributed by atoms with Crippen LogP contribution in [-0.4, -0.2) is 17.4 Å². The van der Waals surface area contributed by atoms with Crippen LogP contribution in [-0.2, 0) is 16.6 Å². The maximum Gasteiger partial charge on any atom is 0.243 e. The maximum atomic E-state index is 12.3. The van der Waals surface area contributed by atoms with Crippen LogP contribution in [0.25, 0.3) is 0 Å². The first-order valence-electron chi connectivity index (χ1n) is 11.3. The zero-order chi connectivity index (χ0) is 21.4. The first-order valence-corrected chi connectivity index (χ1v) is 11.3. The van der Waals surface area contributed by atoms with E-state index in [9.17, 15) is 4.79 Å². The summed E-state index contributed by atoms with van der Waals surface area (Å²) in [4.78, 5) is 16.7. The highest BCUT2D eigenvalue weighted by atomic mass is 16.1. The SMILES string of the molecule is O=C(/C=C/[C@@H]1CC1(c1ccccc1)c1ccccc1)NCCCCCc1ccccn1. The number of amides is 1. The first-order chi connectivity index (χ1) is 15.3. The van der Waals surface area contributed by atoms with Gasteiger partial charge in [0.2, 0.25) is 5.91 Å². The van der Waals surface area contributed by atoms with E-state index in [-0.39, 0.29) is 11.3 Å². The van der Waals surface area contributed by atoms with Crippen molar-refractivity contribution in [1.29, 1.82) is 0 Å². The standard InChI is InChI=1S/C28H30N2O/c31-27(30-21-10-3-8-16-26-17-9-11-20-29-26)19-18-25-22-28(25,23-12-4-1-5-13-23)24-14-6-2-7-15-24/h1-2,4-7,9,11-15,17-20,25H,3,8,10,16,21-22H2,(H,30,31)/b19-18+/t25-/m1/s1. The normalized spacial score (nSPS) is 16.8. The predicted octanol–water partition coefficient (Wildman–Crippen LogP) is 5.47. The van der Waals surface area contributed by atoms with Crippen molar-refractivity contribution in [2.24, 2.45) is 5.92 Å². The van der Waals surface area contributed by atoms with Crippen molar-refractivity contribution >= 4 is 5.91 Å². The van der Waals surface area contributed by atoms with Gasteiger partial charge in [-0.3, -0.25) is 9.78 Å². The number of rotatable bonds is 10. The van der Waals surface area contributed by atoms with Gasteiger partial charge < -0.3 is 5.32 Å². The van der Waals surface area contributed by atoms with E-state index in [0.29, 0.717) is 5.92 Å². The lowest BCUT2D eigenvalue weighted by atomic mass is 9.85. The number of allylic oxidation sites excluding steroid dienone is 1. The van der Waals surface area contributed by atoms with E-state index in [0.717, 1.165) is 44.3 Å². The second-order valence-electron chi connectivity index (χ2n) is 8.30. The fourth-order valence-corrected chi connectivity index (χ4v) is 4.45. The number of nitrogens with one attached hydrogen (secondary N) is 1. The number of unbranched alkanes of at least 4 members (excludes halogenated alkanes) is 2. The molecule has 3 nitrogen and oxygen atoms in total. The molecule has 2 aromatic carbocycles. The molecule has 3 heteroatoms. The third-order valence-corrected chi connectivity index (χ3v) is 6.21. The van der Waals surface area contributed by atoms with Gasteiger partial charge in [0, 0.05) is 23.9 Å². The summed E-state index contributed by atoms with van der Waals surface area (Å²) >= 11 is 0. The van der Waals surface area contributed by atoms with Gasteiger partial charge >= 0.3 is 0 Å². The number of aryl methyl sites for hydroxylation is 1. The van der Waals surface area contributed by atoms with E-state index in [1.165, 1.54) is 11.1 Å². The van der Waals surface area contributed by atoms with Crippen molar-refractivity contribution in [1.82, 2.24) is 10.3 Å². The van der Waals surface area contributed by atoms with Crippen LogP contribution in [0.5, 0.6) is 0 Å². The van der Waals surface area contributed by atoms with Crippen LogP contribution in [0.1, 0.15) is 42.5 Å². The molecule has 0 aliphatic heterocycles. The van der Waals surface area contributed by atoms with Crippen LogP contribution in [0.2, 0.25) is 0 Å². The highest BCUT2D eigenvalue weighted by molar-refractivity contribution is 5.87. The quantitative estimate of drug-likeness (QED) is 0.356. The second-order valence-corrected chi connectivity index (χ2v) is 8.30. The summed E-state index contributed by atoms with van der Waals surface area (Å²) in [6.45, 7) is 0.721. The monoisotopic (exact) mass is 410 g/mol. The van der Waals surface area contributed by atoms with Crippen molar-refractivity contribution in [3.8, 4) is 0 Å². The Morgan fingerprint density at radius 2 is 1.58 bits per heavy atom. The van der Waals surface area contributed by atoms with Crippen molar-refractivity contribution in [3.63, 3.8) is 0 Å². The summed E-state index contributed by atoms with van der Waals surface area (Å²) in [5.41, 5.74) is 3.78. The topological polar surface area (TPSA) is 42.0 Å². The van der Waals surface area contributed by atoms with Crippen LogP contribution in [0.3, 0.4) is 0 Å². The molecule has 1 atom stereocenters. The molecule has 0 spiro atoms. The van der Waals surface area contributed by atoms with Gasteiger partial charge in [-0.2, -0.15) is 0 Å². The number of benzene rings is 2.